The van der Waals surface area contributed by atoms with Crippen molar-refractivity contribution in [3.63, 3.8) is 0 Å². The summed E-state index contributed by atoms with van der Waals surface area (Å²) < 4.78 is 5.18. The largest absolute Gasteiger partial charge is 0.378 e. The van der Waals surface area contributed by atoms with E-state index in [4.69, 9.17) is 11.2 Å². The van der Waals surface area contributed by atoms with Gasteiger partial charge in [-0.2, -0.15) is 0 Å². The van der Waals surface area contributed by atoms with Crippen LogP contribution in [0.1, 0.15) is 26.2 Å². The molecule has 2 atom stereocenters. The van der Waals surface area contributed by atoms with Crippen LogP contribution in [0, 0.1) is 24.2 Å². The molecule has 25 heavy (non-hydrogen) atoms. The second-order valence-corrected chi connectivity index (χ2v) is 6.16. The quantitative estimate of drug-likeness (QED) is 0.353. The lowest BCUT2D eigenvalue weighted by atomic mass is 9.80. The van der Waals surface area contributed by atoms with Gasteiger partial charge < -0.3 is 14.5 Å². The third kappa shape index (κ3) is 5.40. The Balaban J connectivity index is 3.03. The molecular formula is C18H26N2O5. The van der Waals surface area contributed by atoms with Crippen LogP contribution in [-0.4, -0.2) is 73.6 Å². The van der Waals surface area contributed by atoms with Crippen LogP contribution in [0.3, 0.4) is 0 Å². The van der Waals surface area contributed by atoms with Crippen LogP contribution in [0.4, 0.5) is 0 Å². The maximum atomic E-state index is 12.7. The molecule has 138 valence electrons. The third-order valence-corrected chi connectivity index (χ3v) is 4.26. The van der Waals surface area contributed by atoms with Crippen LogP contribution in [0.5, 0.6) is 0 Å². The minimum atomic E-state index is -1.18. The summed E-state index contributed by atoms with van der Waals surface area (Å²) >= 11 is 0. The second kappa shape index (κ2) is 9.94. The molecule has 0 aromatic rings. The normalized spacial score (nSPS) is 16.5. The molecule has 0 bridgehead atoms. The van der Waals surface area contributed by atoms with Crippen molar-refractivity contribution in [2.24, 2.45) is 11.8 Å². The molecule has 7 nitrogen and oxygen atoms in total. The molecule has 0 N–H and O–H groups in total. The van der Waals surface area contributed by atoms with Crippen LogP contribution in [0.25, 0.3) is 0 Å². The highest BCUT2D eigenvalue weighted by molar-refractivity contribution is 6.38. The summed E-state index contributed by atoms with van der Waals surface area (Å²) in [6, 6.07) is 0. The first-order chi connectivity index (χ1) is 11.8. The van der Waals surface area contributed by atoms with E-state index in [1.54, 1.807) is 6.92 Å². The molecule has 1 fully saturated rings. The van der Waals surface area contributed by atoms with Gasteiger partial charge in [0.2, 0.25) is 11.7 Å². The first-order valence-corrected chi connectivity index (χ1v) is 8.43. The number of rotatable bonds is 8. The van der Waals surface area contributed by atoms with Gasteiger partial charge in [0.1, 0.15) is 11.7 Å². The number of ketones is 2. The third-order valence-electron chi connectivity index (χ3n) is 4.26. The number of ether oxygens (including phenoxy) is 1. The summed E-state index contributed by atoms with van der Waals surface area (Å²) in [6.45, 7) is 3.10. The molecule has 1 aliphatic heterocycles. The van der Waals surface area contributed by atoms with Gasteiger partial charge in [-0.3, -0.25) is 19.2 Å². The van der Waals surface area contributed by atoms with E-state index < -0.39 is 35.2 Å². The highest BCUT2D eigenvalue weighted by atomic mass is 16.5. The number of nitrogens with zero attached hydrogens (tertiary/aromatic N) is 2. The predicted molar refractivity (Wildman–Crippen MR) is 91.4 cm³/mol. The van der Waals surface area contributed by atoms with Gasteiger partial charge in [0, 0.05) is 45.9 Å². The topological polar surface area (TPSA) is 84.0 Å². The van der Waals surface area contributed by atoms with E-state index in [0.717, 1.165) is 0 Å². The molecule has 1 saturated heterocycles. The molecule has 0 aromatic carbocycles. The van der Waals surface area contributed by atoms with E-state index in [1.165, 1.54) is 23.9 Å². The fourth-order valence-electron chi connectivity index (χ4n) is 2.82. The highest BCUT2D eigenvalue weighted by Crippen LogP contribution is 2.23. The standard InChI is InChI=1S/C18H26N2O5/c1-5-7-8-14(21)15(17(23)19(3)4)13(6-2)16(22)18(24)20-9-11-25-12-10-20/h1,13,15H,6-12H2,2-4H3/t13-,15-/m1/s1. The molecule has 1 heterocycles. The van der Waals surface area contributed by atoms with Crippen LogP contribution in [-0.2, 0) is 23.9 Å². The second-order valence-electron chi connectivity index (χ2n) is 6.16. The van der Waals surface area contributed by atoms with E-state index in [9.17, 15) is 19.2 Å². The Kier molecular flexibility index (Phi) is 8.29. The minimum absolute atomic E-state index is 0.0102. The van der Waals surface area contributed by atoms with Crippen molar-refractivity contribution in [3.8, 4) is 12.3 Å². The van der Waals surface area contributed by atoms with Gasteiger partial charge in [-0.05, 0) is 6.42 Å². The minimum Gasteiger partial charge on any atom is -0.378 e. The Hall–Kier alpha value is -2.20. The SMILES string of the molecule is C#CCCC(=O)[C@H](C(=O)N(C)C)[C@@H](CC)C(=O)C(=O)N1CCOCC1. The van der Waals surface area contributed by atoms with Crippen molar-refractivity contribution in [2.45, 2.75) is 26.2 Å². The van der Waals surface area contributed by atoms with Gasteiger partial charge in [-0.25, -0.2) is 0 Å². The van der Waals surface area contributed by atoms with E-state index in [1.807, 2.05) is 0 Å². The van der Waals surface area contributed by atoms with Gasteiger partial charge in [0.15, 0.2) is 0 Å². The lowest BCUT2D eigenvalue weighted by molar-refractivity contribution is -0.153. The molecule has 1 aliphatic rings. The summed E-state index contributed by atoms with van der Waals surface area (Å²) in [4.78, 5) is 52.9. The molecule has 7 heteroatoms. The smallest absolute Gasteiger partial charge is 0.290 e. The van der Waals surface area contributed by atoms with Gasteiger partial charge in [-0.1, -0.05) is 6.92 Å². The van der Waals surface area contributed by atoms with Gasteiger partial charge in [0.25, 0.3) is 5.91 Å². The van der Waals surface area contributed by atoms with Crippen molar-refractivity contribution in [1.82, 2.24) is 9.80 Å². The van der Waals surface area contributed by atoms with Gasteiger partial charge >= 0.3 is 0 Å². The van der Waals surface area contributed by atoms with Crippen molar-refractivity contribution < 1.29 is 23.9 Å². The predicted octanol–water partition coefficient (Wildman–Crippen LogP) is 0.127. The van der Waals surface area contributed by atoms with Crippen molar-refractivity contribution in [2.75, 3.05) is 40.4 Å². The first kappa shape index (κ1) is 20.8. The number of hydrogen-bond donors (Lipinski definition) is 0. The molecular weight excluding hydrogens is 324 g/mol. The molecule has 0 aliphatic carbocycles. The van der Waals surface area contributed by atoms with Crippen LogP contribution in [0.2, 0.25) is 0 Å². The fourth-order valence-corrected chi connectivity index (χ4v) is 2.82. The van der Waals surface area contributed by atoms with Crippen LogP contribution in [0.15, 0.2) is 0 Å². The number of hydrogen-bond acceptors (Lipinski definition) is 5. The molecule has 0 saturated carbocycles. The Bertz CT molecular complexity index is 558. The number of morpholine rings is 1. The molecule has 1 rings (SSSR count). The van der Waals surface area contributed by atoms with E-state index in [-0.39, 0.29) is 19.3 Å². The molecule has 0 radical (unpaired) electrons. The zero-order valence-electron chi connectivity index (χ0n) is 15.1. The zero-order valence-corrected chi connectivity index (χ0v) is 15.1. The zero-order chi connectivity index (χ0) is 19.0. The average molecular weight is 350 g/mol. The summed E-state index contributed by atoms with van der Waals surface area (Å²) in [5, 5.41) is 0. The summed E-state index contributed by atoms with van der Waals surface area (Å²) in [5.41, 5.74) is 0. The number of carbonyl (C=O) groups excluding carboxylic acids is 4. The van der Waals surface area contributed by atoms with E-state index in [0.29, 0.717) is 26.3 Å². The maximum absolute atomic E-state index is 12.7. The number of Topliss-reactive ketones (excluding diaryl/α,β-unsaturated/α-hetero) is 2. The van der Waals surface area contributed by atoms with E-state index >= 15 is 0 Å². The lowest BCUT2D eigenvalue weighted by Crippen LogP contribution is -2.49. The molecule has 2 amide bonds. The Morgan fingerprint density at radius 3 is 2.28 bits per heavy atom. The molecule has 0 aromatic heterocycles. The molecule has 0 spiro atoms. The fraction of sp³-hybridized carbons (Fsp3) is 0.667. The Morgan fingerprint density at radius 2 is 1.80 bits per heavy atom. The number of amides is 2. The summed E-state index contributed by atoms with van der Waals surface area (Å²) in [6.07, 6.45) is 5.62. The summed E-state index contributed by atoms with van der Waals surface area (Å²) in [5.74, 6) is -2.01. The van der Waals surface area contributed by atoms with Crippen LogP contribution < -0.4 is 0 Å². The first-order valence-electron chi connectivity index (χ1n) is 8.43. The van der Waals surface area contributed by atoms with Crippen molar-refractivity contribution in [1.29, 1.82) is 0 Å². The monoisotopic (exact) mass is 350 g/mol. The highest BCUT2D eigenvalue weighted by Gasteiger charge is 2.41. The number of terminal acetylenes is 1. The Labute approximate surface area is 148 Å². The molecule has 0 unspecified atom stereocenters. The maximum Gasteiger partial charge on any atom is 0.290 e. The lowest BCUT2D eigenvalue weighted by Gasteiger charge is -2.30. The Morgan fingerprint density at radius 1 is 1.20 bits per heavy atom. The van der Waals surface area contributed by atoms with Gasteiger partial charge in [0.05, 0.1) is 13.2 Å². The van der Waals surface area contributed by atoms with E-state index in [2.05, 4.69) is 5.92 Å². The van der Waals surface area contributed by atoms with Crippen molar-refractivity contribution >= 4 is 23.4 Å². The van der Waals surface area contributed by atoms with Crippen molar-refractivity contribution in [3.05, 3.63) is 0 Å². The van der Waals surface area contributed by atoms with Gasteiger partial charge in [-0.15, -0.1) is 12.3 Å². The summed E-state index contributed by atoms with van der Waals surface area (Å²) in [7, 11) is 3.04. The average Bonchev–Trinajstić information content (AvgIpc) is 2.62. The number of carbonyl (C=O) groups is 4. The van der Waals surface area contributed by atoms with Crippen LogP contribution >= 0.6 is 0 Å².